The molecule has 0 amide bonds. The van der Waals surface area contributed by atoms with E-state index in [1.165, 1.54) is 19.3 Å². The molecule has 1 saturated carbocycles. The van der Waals surface area contributed by atoms with Crippen LogP contribution in [-0.4, -0.2) is 48.8 Å². The Labute approximate surface area is 119 Å². The van der Waals surface area contributed by atoms with Crippen LogP contribution < -0.4 is 5.32 Å². The minimum atomic E-state index is -0.00266. The van der Waals surface area contributed by atoms with Gasteiger partial charge in [-0.15, -0.1) is 0 Å². The fourth-order valence-electron chi connectivity index (χ4n) is 3.68. The number of aliphatic hydroxyl groups is 1. The van der Waals surface area contributed by atoms with Crippen molar-refractivity contribution in [2.45, 2.75) is 58.9 Å². The van der Waals surface area contributed by atoms with Gasteiger partial charge in [0.2, 0.25) is 0 Å². The summed E-state index contributed by atoms with van der Waals surface area (Å²) in [5, 5.41) is 13.4. The van der Waals surface area contributed by atoms with Gasteiger partial charge in [0.1, 0.15) is 0 Å². The van der Waals surface area contributed by atoms with Crippen molar-refractivity contribution in [2.75, 3.05) is 33.3 Å². The molecule has 3 nitrogen and oxygen atoms in total. The summed E-state index contributed by atoms with van der Waals surface area (Å²) in [5.74, 6) is 0.625. The van der Waals surface area contributed by atoms with Gasteiger partial charge < -0.3 is 15.3 Å². The van der Waals surface area contributed by atoms with Gasteiger partial charge in [-0.1, -0.05) is 34.1 Å². The maximum Gasteiger partial charge on any atom is 0.0616 e. The Hall–Kier alpha value is -0.120. The van der Waals surface area contributed by atoms with Gasteiger partial charge in [-0.3, -0.25) is 0 Å². The van der Waals surface area contributed by atoms with Crippen LogP contribution in [0.2, 0.25) is 0 Å². The molecular weight excluding hydrogens is 236 g/mol. The molecule has 0 saturated heterocycles. The number of rotatable bonds is 7. The van der Waals surface area contributed by atoms with E-state index in [1.54, 1.807) is 0 Å². The molecule has 0 aromatic heterocycles. The average molecular weight is 270 g/mol. The summed E-state index contributed by atoms with van der Waals surface area (Å²) >= 11 is 0. The fourth-order valence-corrected chi connectivity index (χ4v) is 3.68. The lowest BCUT2D eigenvalue weighted by molar-refractivity contribution is 0.111. The molecule has 0 spiro atoms. The quantitative estimate of drug-likeness (QED) is 0.746. The van der Waals surface area contributed by atoms with E-state index in [9.17, 15) is 5.11 Å². The molecule has 1 aliphatic carbocycles. The van der Waals surface area contributed by atoms with Gasteiger partial charge in [0.05, 0.1) is 6.61 Å². The van der Waals surface area contributed by atoms with Crippen molar-refractivity contribution in [3.05, 3.63) is 0 Å². The highest BCUT2D eigenvalue weighted by atomic mass is 16.3. The molecule has 2 N–H and O–H groups in total. The molecule has 114 valence electrons. The molecule has 1 rings (SSSR count). The van der Waals surface area contributed by atoms with Crippen molar-refractivity contribution in [2.24, 2.45) is 11.3 Å². The SMILES string of the molecule is CCNC1(CO)CCCC1CCN(C)CC(C)(C)C. The Balaban J connectivity index is 2.47. The predicted octanol–water partition coefficient (Wildman–Crippen LogP) is 2.50. The first kappa shape index (κ1) is 16.9. The van der Waals surface area contributed by atoms with Crippen LogP contribution in [0.4, 0.5) is 0 Å². The van der Waals surface area contributed by atoms with Crippen LogP contribution in [0.25, 0.3) is 0 Å². The number of likely N-dealkylation sites (N-methyl/N-ethyl adjacent to an activating group) is 1. The average Bonchev–Trinajstić information content (AvgIpc) is 2.68. The van der Waals surface area contributed by atoms with E-state index in [-0.39, 0.29) is 12.1 Å². The van der Waals surface area contributed by atoms with Gasteiger partial charge in [0, 0.05) is 12.1 Å². The lowest BCUT2D eigenvalue weighted by atomic mass is 9.85. The minimum Gasteiger partial charge on any atom is -0.394 e. The number of hydrogen-bond donors (Lipinski definition) is 2. The number of hydrogen-bond acceptors (Lipinski definition) is 3. The van der Waals surface area contributed by atoms with E-state index in [1.807, 2.05) is 0 Å². The lowest BCUT2D eigenvalue weighted by Crippen LogP contribution is -2.52. The van der Waals surface area contributed by atoms with Crippen molar-refractivity contribution >= 4 is 0 Å². The molecule has 0 radical (unpaired) electrons. The third-order valence-corrected chi connectivity index (χ3v) is 4.37. The maximum absolute atomic E-state index is 9.79. The first-order valence-electron chi connectivity index (χ1n) is 7.87. The van der Waals surface area contributed by atoms with Crippen molar-refractivity contribution < 1.29 is 5.11 Å². The molecule has 0 bridgehead atoms. The van der Waals surface area contributed by atoms with Gasteiger partial charge >= 0.3 is 0 Å². The van der Waals surface area contributed by atoms with E-state index in [0.29, 0.717) is 11.3 Å². The van der Waals surface area contributed by atoms with E-state index >= 15 is 0 Å². The predicted molar refractivity (Wildman–Crippen MR) is 82.4 cm³/mol. The first-order chi connectivity index (χ1) is 8.83. The molecule has 3 heteroatoms. The van der Waals surface area contributed by atoms with Crippen molar-refractivity contribution in [3.8, 4) is 0 Å². The Kier molecular flexibility index (Phi) is 6.28. The minimum absolute atomic E-state index is 0.00266. The zero-order valence-corrected chi connectivity index (χ0v) is 13.6. The van der Waals surface area contributed by atoms with Gasteiger partial charge in [-0.2, -0.15) is 0 Å². The topological polar surface area (TPSA) is 35.5 Å². The van der Waals surface area contributed by atoms with Crippen LogP contribution in [0, 0.1) is 11.3 Å². The van der Waals surface area contributed by atoms with Crippen LogP contribution in [0.15, 0.2) is 0 Å². The smallest absolute Gasteiger partial charge is 0.0616 e. The second-order valence-electron chi connectivity index (χ2n) is 7.52. The number of nitrogens with zero attached hydrogens (tertiary/aromatic N) is 1. The maximum atomic E-state index is 9.79. The van der Waals surface area contributed by atoms with Crippen molar-refractivity contribution in [1.82, 2.24) is 10.2 Å². The zero-order valence-electron chi connectivity index (χ0n) is 13.6. The molecule has 0 heterocycles. The molecule has 0 aromatic carbocycles. The summed E-state index contributed by atoms with van der Waals surface area (Å²) in [7, 11) is 2.22. The largest absolute Gasteiger partial charge is 0.394 e. The van der Waals surface area contributed by atoms with E-state index in [2.05, 4.69) is 45.0 Å². The Morgan fingerprint density at radius 2 is 2.05 bits per heavy atom. The molecule has 0 aromatic rings. The molecule has 0 aliphatic heterocycles. The molecule has 2 unspecified atom stereocenters. The summed E-state index contributed by atoms with van der Waals surface area (Å²) in [5.41, 5.74) is 0.359. The van der Waals surface area contributed by atoms with Crippen LogP contribution in [-0.2, 0) is 0 Å². The zero-order chi connectivity index (χ0) is 14.5. The summed E-state index contributed by atoms with van der Waals surface area (Å²) in [6.45, 7) is 12.5. The van der Waals surface area contributed by atoms with Crippen molar-refractivity contribution in [3.63, 3.8) is 0 Å². The van der Waals surface area contributed by atoms with Crippen LogP contribution in [0.3, 0.4) is 0 Å². The standard InChI is InChI=1S/C16H34N2O/c1-6-17-16(13-19)10-7-8-14(16)9-11-18(5)12-15(2,3)4/h14,17,19H,6-13H2,1-5H3. The van der Waals surface area contributed by atoms with Crippen LogP contribution >= 0.6 is 0 Å². The molecule has 1 fully saturated rings. The van der Waals surface area contributed by atoms with Gasteiger partial charge in [-0.25, -0.2) is 0 Å². The number of nitrogens with one attached hydrogen (secondary N) is 1. The normalized spacial score (nSPS) is 28.3. The summed E-state index contributed by atoms with van der Waals surface area (Å²) < 4.78 is 0. The lowest BCUT2D eigenvalue weighted by Gasteiger charge is -2.36. The molecule has 19 heavy (non-hydrogen) atoms. The Morgan fingerprint density at radius 1 is 1.37 bits per heavy atom. The van der Waals surface area contributed by atoms with Crippen LogP contribution in [0.5, 0.6) is 0 Å². The van der Waals surface area contributed by atoms with Crippen LogP contribution in [0.1, 0.15) is 53.4 Å². The third kappa shape index (κ3) is 5.05. The number of aliphatic hydroxyl groups excluding tert-OH is 1. The third-order valence-electron chi connectivity index (χ3n) is 4.37. The van der Waals surface area contributed by atoms with E-state index < -0.39 is 0 Å². The van der Waals surface area contributed by atoms with E-state index in [0.717, 1.165) is 26.1 Å². The van der Waals surface area contributed by atoms with Gasteiger partial charge in [-0.05, 0) is 50.7 Å². The summed E-state index contributed by atoms with van der Waals surface area (Å²) in [6, 6.07) is 0. The fraction of sp³-hybridized carbons (Fsp3) is 1.00. The highest BCUT2D eigenvalue weighted by Gasteiger charge is 2.41. The summed E-state index contributed by atoms with van der Waals surface area (Å²) in [4.78, 5) is 2.44. The second-order valence-corrected chi connectivity index (χ2v) is 7.52. The second kappa shape index (κ2) is 7.05. The van der Waals surface area contributed by atoms with E-state index in [4.69, 9.17) is 0 Å². The molecular formula is C16H34N2O. The van der Waals surface area contributed by atoms with Gasteiger partial charge in [0.15, 0.2) is 0 Å². The highest BCUT2D eigenvalue weighted by Crippen LogP contribution is 2.37. The summed E-state index contributed by atoms with van der Waals surface area (Å²) in [6.07, 6.45) is 4.84. The van der Waals surface area contributed by atoms with Gasteiger partial charge in [0.25, 0.3) is 0 Å². The Bertz CT molecular complexity index is 262. The molecule has 1 aliphatic rings. The Morgan fingerprint density at radius 3 is 2.58 bits per heavy atom. The molecule has 2 atom stereocenters. The van der Waals surface area contributed by atoms with Crippen molar-refractivity contribution in [1.29, 1.82) is 0 Å². The first-order valence-corrected chi connectivity index (χ1v) is 7.87. The highest BCUT2D eigenvalue weighted by molar-refractivity contribution is 4.98. The monoisotopic (exact) mass is 270 g/mol.